The highest BCUT2D eigenvalue weighted by atomic mass is 19.1. The van der Waals surface area contributed by atoms with Gasteiger partial charge < -0.3 is 24.8 Å². The number of nitrogens with one attached hydrogen (secondary N) is 1. The van der Waals surface area contributed by atoms with E-state index in [-0.39, 0.29) is 5.91 Å². The fraction of sp³-hybridized carbons (Fsp3) is 0.440. The van der Waals surface area contributed by atoms with E-state index in [2.05, 4.69) is 44.2 Å². The van der Waals surface area contributed by atoms with Crippen molar-refractivity contribution < 1.29 is 13.9 Å². The van der Waals surface area contributed by atoms with Crippen molar-refractivity contribution in [2.75, 3.05) is 68.1 Å². The lowest BCUT2D eigenvalue weighted by molar-refractivity contribution is 0.102. The second-order valence-electron chi connectivity index (χ2n) is 9.35. The number of hydrogen-bond acceptors (Lipinski definition) is 8. The summed E-state index contributed by atoms with van der Waals surface area (Å²) in [7, 11) is 3.84. The number of halogens is 1. The molecule has 3 aromatic rings. The molecule has 0 bridgehead atoms. The molecule has 1 N–H and O–H groups in total. The topological polar surface area (TPSA) is 91.6 Å². The van der Waals surface area contributed by atoms with Crippen molar-refractivity contribution in [3.8, 4) is 11.1 Å². The zero-order chi connectivity index (χ0) is 25.2. The molecule has 11 heteroatoms. The summed E-state index contributed by atoms with van der Waals surface area (Å²) in [6.45, 7) is 7.13. The van der Waals surface area contributed by atoms with Crippen molar-refractivity contribution in [3.05, 3.63) is 48.3 Å². The van der Waals surface area contributed by atoms with E-state index in [0.717, 1.165) is 32.7 Å². The van der Waals surface area contributed by atoms with Crippen LogP contribution in [0, 0.1) is 5.82 Å². The van der Waals surface area contributed by atoms with Crippen molar-refractivity contribution in [3.63, 3.8) is 0 Å². The van der Waals surface area contributed by atoms with Crippen molar-refractivity contribution >= 4 is 23.2 Å². The maximum absolute atomic E-state index is 15.5. The summed E-state index contributed by atoms with van der Waals surface area (Å²) >= 11 is 0. The number of aryl methyl sites for hydroxylation is 1. The first kappa shape index (κ1) is 24.1. The maximum atomic E-state index is 15.5. The Hall–Kier alpha value is -3.57. The largest absolute Gasteiger partial charge is 0.378 e. The summed E-state index contributed by atoms with van der Waals surface area (Å²) in [6.07, 6.45) is 6.41. The van der Waals surface area contributed by atoms with Gasteiger partial charge in [-0.2, -0.15) is 5.10 Å². The summed E-state index contributed by atoms with van der Waals surface area (Å²) < 4.78 is 22.5. The smallest absolute Gasteiger partial charge is 0.258 e. The van der Waals surface area contributed by atoms with Crippen LogP contribution < -0.4 is 15.1 Å². The van der Waals surface area contributed by atoms with Gasteiger partial charge in [0.05, 0.1) is 36.3 Å². The zero-order valence-corrected chi connectivity index (χ0v) is 20.8. The van der Waals surface area contributed by atoms with Crippen LogP contribution in [0.15, 0.2) is 36.9 Å². The van der Waals surface area contributed by atoms with E-state index in [0.29, 0.717) is 53.3 Å². The van der Waals surface area contributed by atoms with Crippen LogP contribution in [0.3, 0.4) is 0 Å². The van der Waals surface area contributed by atoms with Gasteiger partial charge in [0.15, 0.2) is 0 Å². The number of nitrogens with zero attached hydrogens (tertiary/aromatic N) is 7. The van der Waals surface area contributed by atoms with E-state index < -0.39 is 5.82 Å². The summed E-state index contributed by atoms with van der Waals surface area (Å²) in [4.78, 5) is 28.4. The summed E-state index contributed by atoms with van der Waals surface area (Å²) in [5.74, 6) is -0.0997. The molecule has 36 heavy (non-hydrogen) atoms. The minimum atomic E-state index is -0.390. The van der Waals surface area contributed by atoms with Gasteiger partial charge in [-0.05, 0) is 26.1 Å². The molecule has 0 aliphatic carbocycles. The van der Waals surface area contributed by atoms with Crippen LogP contribution in [0.25, 0.3) is 11.1 Å². The second kappa shape index (κ2) is 10.2. The highest BCUT2D eigenvalue weighted by molar-refractivity contribution is 6.06. The van der Waals surface area contributed by atoms with Crippen molar-refractivity contribution in [2.45, 2.75) is 13.0 Å². The van der Waals surface area contributed by atoms with Gasteiger partial charge >= 0.3 is 0 Å². The third kappa shape index (κ3) is 5.02. The Labute approximate surface area is 209 Å². The minimum Gasteiger partial charge on any atom is -0.378 e. The molecule has 1 aromatic carbocycles. The van der Waals surface area contributed by atoms with Crippen LogP contribution >= 0.6 is 0 Å². The lowest BCUT2D eigenvalue weighted by atomic mass is 10.0. The highest BCUT2D eigenvalue weighted by Crippen LogP contribution is 2.35. The highest BCUT2D eigenvalue weighted by Gasteiger charge is 2.25. The number of anilines is 3. The standard InChI is InChI=1S/C25H31FN8O2/c1-17-15-34(5-4-31(17)2)23-11-21(26)20(10-22(23)30-24(35)19-14-29-32(3)16-19)18-12-27-25(28-13-18)33-6-8-36-9-7-33/h10-14,16-17H,4-9,15H2,1-3H3,(H,30,35)/t17-/m0/s1. The van der Waals surface area contributed by atoms with Crippen molar-refractivity contribution in [1.29, 1.82) is 0 Å². The molecule has 2 aromatic heterocycles. The van der Waals surface area contributed by atoms with Crippen LogP contribution in [0.5, 0.6) is 0 Å². The number of aromatic nitrogens is 4. The lowest BCUT2D eigenvalue weighted by Gasteiger charge is -2.39. The Morgan fingerprint density at radius 3 is 2.47 bits per heavy atom. The number of ether oxygens (including phenoxy) is 1. The minimum absolute atomic E-state index is 0.296. The Bertz CT molecular complexity index is 1230. The molecule has 4 heterocycles. The summed E-state index contributed by atoms with van der Waals surface area (Å²) in [5, 5.41) is 7.07. The molecule has 2 fully saturated rings. The Kier molecular flexibility index (Phi) is 6.84. The summed E-state index contributed by atoms with van der Waals surface area (Å²) in [5.41, 5.74) is 2.49. The number of benzene rings is 1. The molecule has 0 radical (unpaired) electrons. The van der Waals surface area contributed by atoms with E-state index in [1.165, 1.54) is 12.3 Å². The monoisotopic (exact) mass is 494 g/mol. The number of likely N-dealkylation sites (N-methyl/N-ethyl adjacent to an activating group) is 1. The van der Waals surface area contributed by atoms with Crippen LogP contribution in [0.4, 0.5) is 21.7 Å². The van der Waals surface area contributed by atoms with Crippen molar-refractivity contribution in [1.82, 2.24) is 24.6 Å². The molecule has 1 atom stereocenters. The molecule has 190 valence electrons. The second-order valence-corrected chi connectivity index (χ2v) is 9.35. The Morgan fingerprint density at radius 1 is 1.06 bits per heavy atom. The molecule has 0 saturated carbocycles. The van der Waals surface area contributed by atoms with Crippen molar-refractivity contribution in [2.24, 2.45) is 7.05 Å². The predicted molar refractivity (Wildman–Crippen MR) is 136 cm³/mol. The first-order valence-electron chi connectivity index (χ1n) is 12.1. The third-order valence-electron chi connectivity index (χ3n) is 6.84. The first-order chi connectivity index (χ1) is 17.4. The number of rotatable bonds is 5. The molecular weight excluding hydrogens is 463 g/mol. The van der Waals surface area contributed by atoms with E-state index in [9.17, 15) is 4.79 Å². The lowest BCUT2D eigenvalue weighted by Crippen LogP contribution is -2.50. The van der Waals surface area contributed by atoms with Crippen LogP contribution in [-0.4, -0.2) is 89.6 Å². The van der Waals surface area contributed by atoms with Gasteiger partial charge in [-0.25, -0.2) is 14.4 Å². The van der Waals surface area contributed by atoms with E-state index in [4.69, 9.17) is 4.74 Å². The van der Waals surface area contributed by atoms with E-state index in [1.807, 2.05) is 4.90 Å². The molecule has 2 aliphatic heterocycles. The SMILES string of the molecule is C[C@H]1CN(c2cc(F)c(-c3cnc(N4CCOCC4)nc3)cc2NC(=O)c2cnn(C)c2)CCN1C. The number of piperazine rings is 1. The van der Waals surface area contributed by atoms with Crippen LogP contribution in [-0.2, 0) is 11.8 Å². The molecule has 0 spiro atoms. The van der Waals surface area contributed by atoms with Crippen LogP contribution in [0.1, 0.15) is 17.3 Å². The summed E-state index contributed by atoms with van der Waals surface area (Å²) in [6, 6.07) is 3.47. The Morgan fingerprint density at radius 2 is 1.81 bits per heavy atom. The quantitative estimate of drug-likeness (QED) is 0.578. The number of carbonyl (C=O) groups excluding carboxylic acids is 1. The number of carbonyl (C=O) groups is 1. The molecular formula is C25H31FN8O2. The average molecular weight is 495 g/mol. The fourth-order valence-electron chi connectivity index (χ4n) is 4.53. The van der Waals surface area contributed by atoms with Gasteiger partial charge in [-0.15, -0.1) is 0 Å². The van der Waals surface area contributed by atoms with Crippen LogP contribution in [0.2, 0.25) is 0 Å². The van der Waals surface area contributed by atoms with Gasteiger partial charge in [0.25, 0.3) is 5.91 Å². The molecule has 10 nitrogen and oxygen atoms in total. The van der Waals surface area contributed by atoms with Gasteiger partial charge in [-0.1, -0.05) is 0 Å². The average Bonchev–Trinajstić information content (AvgIpc) is 3.33. The normalized spacial score (nSPS) is 18.9. The van der Waals surface area contributed by atoms with Gasteiger partial charge in [0.2, 0.25) is 5.95 Å². The van der Waals surface area contributed by atoms with Gasteiger partial charge in [0, 0.05) is 75.5 Å². The maximum Gasteiger partial charge on any atom is 0.258 e. The Balaban J connectivity index is 1.48. The molecule has 5 rings (SSSR count). The molecule has 2 aliphatic rings. The molecule has 0 unspecified atom stereocenters. The van der Waals surface area contributed by atoms with Gasteiger partial charge in [0.1, 0.15) is 5.82 Å². The number of amides is 1. The fourth-order valence-corrected chi connectivity index (χ4v) is 4.53. The first-order valence-corrected chi connectivity index (χ1v) is 12.1. The number of hydrogen-bond donors (Lipinski definition) is 1. The number of morpholine rings is 1. The van der Waals surface area contributed by atoms with E-state index in [1.54, 1.807) is 36.4 Å². The van der Waals surface area contributed by atoms with Gasteiger partial charge in [-0.3, -0.25) is 9.48 Å². The predicted octanol–water partition coefficient (Wildman–Crippen LogP) is 2.25. The zero-order valence-electron chi connectivity index (χ0n) is 20.8. The van der Waals surface area contributed by atoms with E-state index >= 15 is 4.39 Å². The molecule has 2 saturated heterocycles. The third-order valence-corrected chi connectivity index (χ3v) is 6.84. The molecule has 1 amide bonds.